The van der Waals surface area contributed by atoms with E-state index in [1.165, 1.54) is 0 Å². The summed E-state index contributed by atoms with van der Waals surface area (Å²) in [7, 11) is 0. The van der Waals surface area contributed by atoms with E-state index < -0.39 is 5.97 Å². The highest BCUT2D eigenvalue weighted by Gasteiger charge is 2.17. The molecule has 2 heterocycles. The van der Waals surface area contributed by atoms with Crippen LogP contribution < -0.4 is 4.74 Å². The number of carbonyl (C=O) groups excluding carboxylic acids is 1. The predicted molar refractivity (Wildman–Crippen MR) is 96.4 cm³/mol. The zero-order chi connectivity index (χ0) is 18.5. The Morgan fingerprint density at radius 3 is 2.96 bits per heavy atom. The van der Waals surface area contributed by atoms with E-state index in [2.05, 4.69) is 9.97 Å². The van der Waals surface area contributed by atoms with E-state index in [0.29, 0.717) is 29.5 Å². The molecule has 0 aliphatic heterocycles. The highest BCUT2D eigenvalue weighted by molar-refractivity contribution is 6.31. The van der Waals surface area contributed by atoms with Crippen molar-refractivity contribution in [3.05, 3.63) is 52.9 Å². The van der Waals surface area contributed by atoms with Crippen molar-refractivity contribution in [2.45, 2.75) is 20.1 Å². The average Bonchev–Trinajstić information content (AvgIpc) is 2.98. The number of nitrogens with zero attached hydrogens (tertiary/aromatic N) is 3. The Hall–Kier alpha value is -2.64. The number of imidazole rings is 1. The fourth-order valence-corrected chi connectivity index (χ4v) is 2.78. The van der Waals surface area contributed by atoms with Gasteiger partial charge in [0.25, 0.3) is 0 Å². The topological polar surface area (TPSA) is 86.5 Å². The number of benzene rings is 1. The SMILES string of the molecule is CCOc1ncccc1C(=O)OCc1nc2ccc(Cl)cc2n1CCO. The number of hydrogen-bond acceptors (Lipinski definition) is 6. The minimum Gasteiger partial charge on any atom is -0.477 e. The average molecular weight is 376 g/mol. The first-order valence-corrected chi connectivity index (χ1v) is 8.52. The Morgan fingerprint density at radius 1 is 1.35 bits per heavy atom. The normalized spacial score (nSPS) is 10.9. The second-order valence-electron chi connectivity index (χ2n) is 5.40. The van der Waals surface area contributed by atoms with E-state index in [1.807, 2.05) is 6.92 Å². The smallest absolute Gasteiger partial charge is 0.344 e. The molecule has 26 heavy (non-hydrogen) atoms. The van der Waals surface area contributed by atoms with Gasteiger partial charge in [0, 0.05) is 17.8 Å². The van der Waals surface area contributed by atoms with Crippen molar-refractivity contribution in [1.29, 1.82) is 0 Å². The molecule has 7 nitrogen and oxygen atoms in total. The summed E-state index contributed by atoms with van der Waals surface area (Å²) < 4.78 is 12.5. The van der Waals surface area contributed by atoms with Crippen LogP contribution in [0.1, 0.15) is 23.1 Å². The van der Waals surface area contributed by atoms with Gasteiger partial charge in [-0.25, -0.2) is 14.8 Å². The number of carbonyl (C=O) groups is 1. The van der Waals surface area contributed by atoms with Gasteiger partial charge in [0.2, 0.25) is 5.88 Å². The molecule has 1 aromatic carbocycles. The molecule has 136 valence electrons. The monoisotopic (exact) mass is 375 g/mol. The number of esters is 1. The van der Waals surface area contributed by atoms with Crippen LogP contribution in [0.5, 0.6) is 5.88 Å². The summed E-state index contributed by atoms with van der Waals surface area (Å²) in [5.74, 6) is 0.198. The minimum absolute atomic E-state index is 0.0500. The summed E-state index contributed by atoms with van der Waals surface area (Å²) in [6.45, 7) is 2.40. The maximum Gasteiger partial charge on any atom is 0.344 e. The Kier molecular flexibility index (Phi) is 5.70. The van der Waals surface area contributed by atoms with Gasteiger partial charge in [-0.2, -0.15) is 0 Å². The van der Waals surface area contributed by atoms with Crippen LogP contribution in [0, 0.1) is 0 Å². The number of aromatic nitrogens is 3. The van der Waals surface area contributed by atoms with Gasteiger partial charge in [-0.1, -0.05) is 11.6 Å². The van der Waals surface area contributed by atoms with Crippen molar-refractivity contribution < 1.29 is 19.4 Å². The first kappa shape index (κ1) is 18.2. The van der Waals surface area contributed by atoms with Crippen molar-refractivity contribution in [3.63, 3.8) is 0 Å². The van der Waals surface area contributed by atoms with E-state index in [4.69, 9.17) is 21.1 Å². The molecule has 0 spiro atoms. The Labute approximate surface area is 155 Å². The number of pyridine rings is 1. The Balaban J connectivity index is 1.83. The van der Waals surface area contributed by atoms with Crippen molar-refractivity contribution in [3.8, 4) is 5.88 Å². The van der Waals surface area contributed by atoms with Gasteiger partial charge in [0.05, 0.1) is 24.2 Å². The largest absolute Gasteiger partial charge is 0.477 e. The molecule has 0 aliphatic carbocycles. The number of fused-ring (bicyclic) bond motifs is 1. The summed E-state index contributed by atoms with van der Waals surface area (Å²) in [6.07, 6.45) is 1.55. The van der Waals surface area contributed by atoms with Crippen LogP contribution >= 0.6 is 11.6 Å². The number of halogens is 1. The van der Waals surface area contributed by atoms with Crippen LogP contribution in [0.15, 0.2) is 36.5 Å². The van der Waals surface area contributed by atoms with Gasteiger partial charge in [-0.3, -0.25) is 0 Å². The lowest BCUT2D eigenvalue weighted by Gasteiger charge is -2.10. The molecule has 0 aliphatic rings. The zero-order valence-corrected chi connectivity index (χ0v) is 14.9. The Morgan fingerprint density at radius 2 is 2.19 bits per heavy atom. The second kappa shape index (κ2) is 8.16. The molecule has 0 bridgehead atoms. The summed E-state index contributed by atoms with van der Waals surface area (Å²) in [5, 5.41) is 9.89. The third-order valence-corrected chi connectivity index (χ3v) is 3.95. The number of aliphatic hydroxyl groups excluding tert-OH is 1. The molecular formula is C18H18ClN3O4. The van der Waals surface area contributed by atoms with Crippen LogP contribution in [-0.4, -0.2) is 38.8 Å². The third-order valence-electron chi connectivity index (χ3n) is 3.72. The molecule has 0 unspecified atom stereocenters. The van der Waals surface area contributed by atoms with Gasteiger partial charge < -0.3 is 19.1 Å². The maximum atomic E-state index is 12.4. The first-order valence-electron chi connectivity index (χ1n) is 8.14. The molecule has 2 aromatic heterocycles. The lowest BCUT2D eigenvalue weighted by Crippen LogP contribution is -2.13. The van der Waals surface area contributed by atoms with Gasteiger partial charge in [-0.15, -0.1) is 0 Å². The molecule has 0 saturated carbocycles. The molecule has 0 radical (unpaired) electrons. The summed E-state index contributed by atoms with van der Waals surface area (Å²) in [5.41, 5.74) is 1.74. The molecule has 0 saturated heterocycles. The van der Waals surface area contributed by atoms with Crippen LogP contribution in [0.2, 0.25) is 5.02 Å². The minimum atomic E-state index is -0.554. The highest BCUT2D eigenvalue weighted by Crippen LogP contribution is 2.22. The van der Waals surface area contributed by atoms with Gasteiger partial charge >= 0.3 is 5.97 Å². The van der Waals surface area contributed by atoms with E-state index in [1.54, 1.807) is 41.1 Å². The van der Waals surface area contributed by atoms with E-state index >= 15 is 0 Å². The van der Waals surface area contributed by atoms with Crippen LogP contribution in [0.25, 0.3) is 11.0 Å². The molecule has 1 N–H and O–H groups in total. The molecule has 0 fully saturated rings. The number of ether oxygens (including phenoxy) is 2. The molecule has 3 aromatic rings. The molecule has 3 rings (SSSR count). The lowest BCUT2D eigenvalue weighted by molar-refractivity contribution is 0.0452. The van der Waals surface area contributed by atoms with Crippen molar-refractivity contribution >= 4 is 28.6 Å². The fourth-order valence-electron chi connectivity index (χ4n) is 2.61. The van der Waals surface area contributed by atoms with Crippen LogP contribution in [-0.2, 0) is 17.9 Å². The third kappa shape index (κ3) is 3.79. The van der Waals surface area contributed by atoms with Gasteiger partial charge in [0.1, 0.15) is 18.0 Å². The summed E-state index contributed by atoms with van der Waals surface area (Å²) >= 11 is 6.04. The van der Waals surface area contributed by atoms with Gasteiger partial charge in [-0.05, 0) is 37.3 Å². The number of hydrogen-bond donors (Lipinski definition) is 1. The van der Waals surface area contributed by atoms with E-state index in [-0.39, 0.29) is 24.7 Å². The predicted octanol–water partition coefficient (Wildman–Crippen LogP) is 2.83. The van der Waals surface area contributed by atoms with Crippen molar-refractivity contribution in [2.24, 2.45) is 0 Å². The quantitative estimate of drug-likeness (QED) is 0.639. The van der Waals surface area contributed by atoms with Crippen LogP contribution in [0.3, 0.4) is 0 Å². The van der Waals surface area contributed by atoms with Crippen molar-refractivity contribution in [2.75, 3.05) is 13.2 Å². The summed E-state index contributed by atoms with van der Waals surface area (Å²) in [4.78, 5) is 20.9. The zero-order valence-electron chi connectivity index (χ0n) is 14.2. The van der Waals surface area contributed by atoms with E-state index in [0.717, 1.165) is 5.52 Å². The fraction of sp³-hybridized carbons (Fsp3) is 0.278. The number of aliphatic hydroxyl groups is 1. The summed E-state index contributed by atoms with van der Waals surface area (Å²) in [6, 6.07) is 8.52. The van der Waals surface area contributed by atoms with Crippen molar-refractivity contribution in [1.82, 2.24) is 14.5 Å². The molecule has 0 amide bonds. The van der Waals surface area contributed by atoms with E-state index in [9.17, 15) is 9.90 Å². The Bertz CT molecular complexity index is 926. The maximum absolute atomic E-state index is 12.4. The van der Waals surface area contributed by atoms with Gasteiger partial charge in [0.15, 0.2) is 0 Å². The standard InChI is InChI=1S/C18H18ClN3O4/c1-2-25-17-13(4-3-7-20-17)18(24)26-11-16-21-14-6-5-12(19)10-15(14)22(16)8-9-23/h3-7,10,23H,2,8-9,11H2,1H3. The molecule has 0 atom stereocenters. The molecule has 8 heteroatoms. The lowest BCUT2D eigenvalue weighted by atomic mass is 10.3. The number of rotatable bonds is 7. The first-order chi connectivity index (χ1) is 12.6. The highest BCUT2D eigenvalue weighted by atomic mass is 35.5. The second-order valence-corrected chi connectivity index (χ2v) is 5.84. The molecular weight excluding hydrogens is 358 g/mol. The van der Waals surface area contributed by atoms with Crippen LogP contribution in [0.4, 0.5) is 0 Å².